The van der Waals surface area contributed by atoms with E-state index in [1.165, 1.54) is 26.6 Å². The van der Waals surface area contributed by atoms with E-state index >= 15 is 0 Å². The average Bonchev–Trinajstić information content (AvgIpc) is 3.93. The van der Waals surface area contributed by atoms with Gasteiger partial charge in [0.15, 0.2) is 11.4 Å². The molecule has 0 spiro atoms. The molecule has 0 aliphatic rings. The van der Waals surface area contributed by atoms with E-state index in [-0.39, 0.29) is 0 Å². The molecule has 12 rings (SSSR count). The second-order valence-electron chi connectivity index (χ2n) is 14.1. The third-order valence-corrected chi connectivity index (χ3v) is 12.2. The summed E-state index contributed by atoms with van der Waals surface area (Å²) < 4.78 is 11.6. The van der Waals surface area contributed by atoms with Gasteiger partial charge in [-0.2, -0.15) is 0 Å². The minimum Gasteiger partial charge on any atom is -0.454 e. The van der Waals surface area contributed by atoms with Crippen molar-refractivity contribution in [3.63, 3.8) is 0 Å². The van der Waals surface area contributed by atoms with Gasteiger partial charge in [-0.1, -0.05) is 146 Å². The normalized spacial score (nSPS) is 12.0. The average molecular weight is 720 g/mol. The molecule has 55 heavy (non-hydrogen) atoms. The molecule has 4 heterocycles. The van der Waals surface area contributed by atoms with E-state index in [0.29, 0.717) is 5.82 Å². The third-order valence-electron chi connectivity index (χ3n) is 11.0. The number of hydrogen-bond acceptors (Lipinski definition) is 4. The van der Waals surface area contributed by atoms with Crippen LogP contribution in [0.4, 0.5) is 0 Å². The quantitative estimate of drug-likeness (QED) is 0.182. The lowest BCUT2D eigenvalue weighted by atomic mass is 9.98. The van der Waals surface area contributed by atoms with E-state index in [0.717, 1.165) is 81.9 Å². The minimum absolute atomic E-state index is 0.680. The molecule has 12 aromatic rings. The van der Waals surface area contributed by atoms with Crippen LogP contribution in [-0.2, 0) is 0 Å². The first-order valence-electron chi connectivity index (χ1n) is 18.5. The maximum Gasteiger partial charge on any atom is 0.161 e. The van der Waals surface area contributed by atoms with Crippen LogP contribution in [0.2, 0.25) is 0 Å². The van der Waals surface area contributed by atoms with Crippen molar-refractivity contribution in [2.24, 2.45) is 0 Å². The largest absolute Gasteiger partial charge is 0.454 e. The molecule has 0 atom stereocenters. The van der Waals surface area contributed by atoms with Crippen molar-refractivity contribution in [1.82, 2.24) is 14.5 Å². The Balaban J connectivity index is 1.12. The highest BCUT2D eigenvalue weighted by atomic mass is 32.1. The lowest BCUT2D eigenvalue weighted by molar-refractivity contribution is 0.666. The molecule has 256 valence electrons. The Hall–Kier alpha value is -7.08. The van der Waals surface area contributed by atoms with E-state index in [1.807, 2.05) is 0 Å². The molecule has 0 fully saturated rings. The van der Waals surface area contributed by atoms with E-state index in [2.05, 4.69) is 180 Å². The van der Waals surface area contributed by atoms with Crippen molar-refractivity contribution in [2.75, 3.05) is 0 Å². The van der Waals surface area contributed by atoms with Gasteiger partial charge in [0.1, 0.15) is 5.58 Å². The molecular formula is C50H29N3OS. The van der Waals surface area contributed by atoms with Gasteiger partial charge in [0, 0.05) is 42.8 Å². The number of para-hydroxylation sites is 3. The van der Waals surface area contributed by atoms with Gasteiger partial charge in [0.05, 0.1) is 32.6 Å². The fourth-order valence-electron chi connectivity index (χ4n) is 8.55. The topological polar surface area (TPSA) is 43.9 Å². The Kier molecular flexibility index (Phi) is 6.47. The predicted octanol–water partition coefficient (Wildman–Crippen LogP) is 14.0. The van der Waals surface area contributed by atoms with Gasteiger partial charge in [-0.3, -0.25) is 0 Å². The first-order valence-corrected chi connectivity index (χ1v) is 19.3. The third kappa shape index (κ3) is 4.51. The van der Waals surface area contributed by atoms with Crippen LogP contribution in [0.1, 0.15) is 0 Å². The van der Waals surface area contributed by atoms with Crippen molar-refractivity contribution in [3.8, 4) is 39.5 Å². The maximum absolute atomic E-state index is 7.01. The van der Waals surface area contributed by atoms with Gasteiger partial charge in [-0.25, -0.2) is 9.97 Å². The van der Waals surface area contributed by atoms with Gasteiger partial charge < -0.3 is 8.98 Å². The highest BCUT2D eigenvalue weighted by Gasteiger charge is 2.22. The van der Waals surface area contributed by atoms with Crippen LogP contribution in [-0.4, -0.2) is 14.5 Å². The van der Waals surface area contributed by atoms with Crippen molar-refractivity contribution in [1.29, 1.82) is 0 Å². The number of fused-ring (bicyclic) bond motifs is 11. The molecule has 4 aromatic heterocycles. The van der Waals surface area contributed by atoms with Gasteiger partial charge in [0.25, 0.3) is 0 Å². The van der Waals surface area contributed by atoms with E-state index in [4.69, 9.17) is 14.4 Å². The van der Waals surface area contributed by atoms with Gasteiger partial charge in [-0.05, 0) is 52.2 Å². The zero-order valence-electron chi connectivity index (χ0n) is 29.4. The first kappa shape index (κ1) is 30.4. The number of rotatable bonds is 4. The summed E-state index contributed by atoms with van der Waals surface area (Å²) in [5.41, 5.74) is 11.2. The fourth-order valence-corrected chi connectivity index (χ4v) is 9.70. The van der Waals surface area contributed by atoms with Crippen LogP contribution in [0.15, 0.2) is 180 Å². The van der Waals surface area contributed by atoms with Crippen molar-refractivity contribution in [3.05, 3.63) is 176 Å². The molecule has 0 radical (unpaired) electrons. The zero-order valence-corrected chi connectivity index (χ0v) is 30.2. The van der Waals surface area contributed by atoms with Crippen LogP contribution in [0.25, 0.3) is 114 Å². The molecule has 0 aliphatic carbocycles. The molecule has 0 unspecified atom stereocenters. The fraction of sp³-hybridized carbons (Fsp3) is 0. The van der Waals surface area contributed by atoms with Crippen LogP contribution in [0.3, 0.4) is 0 Å². The number of hydrogen-bond donors (Lipinski definition) is 0. The lowest BCUT2D eigenvalue weighted by Crippen LogP contribution is -1.95. The molecule has 0 saturated carbocycles. The van der Waals surface area contributed by atoms with Crippen LogP contribution in [0.5, 0.6) is 0 Å². The number of furan rings is 1. The molecule has 0 bridgehead atoms. The molecule has 0 N–H and O–H groups in total. The van der Waals surface area contributed by atoms with Gasteiger partial charge in [0.2, 0.25) is 0 Å². The summed E-state index contributed by atoms with van der Waals surface area (Å²) in [5.74, 6) is 0.680. The molecule has 0 saturated heterocycles. The van der Waals surface area contributed by atoms with E-state index in [1.54, 1.807) is 11.3 Å². The zero-order chi connectivity index (χ0) is 36.0. The van der Waals surface area contributed by atoms with Crippen LogP contribution >= 0.6 is 11.3 Å². The SMILES string of the molecule is c1ccc(-c2ccc(-c3nc(-c4cc5oc6c(-n7c8ccccc8c8ccccc87)cccc6c5c5ccccc45)nc4c3sc3ccccc34)cc2)cc1. The smallest absolute Gasteiger partial charge is 0.161 e. The van der Waals surface area contributed by atoms with E-state index in [9.17, 15) is 0 Å². The summed E-state index contributed by atoms with van der Waals surface area (Å²) in [4.78, 5) is 10.8. The summed E-state index contributed by atoms with van der Waals surface area (Å²) in [6, 6.07) is 62.3. The monoisotopic (exact) mass is 719 g/mol. The number of aromatic nitrogens is 3. The highest BCUT2D eigenvalue weighted by Crippen LogP contribution is 2.45. The summed E-state index contributed by atoms with van der Waals surface area (Å²) >= 11 is 1.75. The Morgan fingerprint density at radius 1 is 0.473 bits per heavy atom. The Labute approximate surface area is 319 Å². The second kappa shape index (κ2) is 11.7. The number of benzene rings is 8. The van der Waals surface area contributed by atoms with Crippen LogP contribution < -0.4 is 0 Å². The molecule has 0 aliphatic heterocycles. The van der Waals surface area contributed by atoms with Crippen LogP contribution in [0, 0.1) is 0 Å². The Morgan fingerprint density at radius 2 is 1.07 bits per heavy atom. The molecular weight excluding hydrogens is 691 g/mol. The van der Waals surface area contributed by atoms with Crippen molar-refractivity contribution < 1.29 is 4.42 Å². The van der Waals surface area contributed by atoms with Gasteiger partial charge >= 0.3 is 0 Å². The predicted molar refractivity (Wildman–Crippen MR) is 230 cm³/mol. The highest BCUT2D eigenvalue weighted by molar-refractivity contribution is 7.26. The molecule has 4 nitrogen and oxygen atoms in total. The number of thiophene rings is 1. The van der Waals surface area contributed by atoms with E-state index < -0.39 is 0 Å². The summed E-state index contributed by atoms with van der Waals surface area (Å²) in [6.07, 6.45) is 0. The van der Waals surface area contributed by atoms with Crippen molar-refractivity contribution in [2.45, 2.75) is 0 Å². The standard InChI is InChI=1S/C50H29N3OS/c1-2-13-30(14-3-1)31-25-27-32(28-26-31)46-49-47(37-19-8-11-24-44(37)55-49)52-50(51-46)39-29-43-45(36-18-5-4-15-33(36)39)38-20-12-23-42(48(38)54-43)53-40-21-9-6-16-34(40)35-17-7-10-22-41(35)53/h1-29H. The molecule has 8 aromatic carbocycles. The Morgan fingerprint density at radius 3 is 1.84 bits per heavy atom. The lowest BCUT2D eigenvalue weighted by Gasteiger charge is -2.11. The first-order chi connectivity index (χ1) is 27.3. The number of nitrogens with zero attached hydrogens (tertiary/aromatic N) is 3. The second-order valence-corrected chi connectivity index (χ2v) is 15.1. The molecule has 0 amide bonds. The minimum atomic E-state index is 0.680. The maximum atomic E-state index is 7.01. The Bertz CT molecular complexity index is 3430. The summed E-state index contributed by atoms with van der Waals surface area (Å²) in [6.45, 7) is 0. The summed E-state index contributed by atoms with van der Waals surface area (Å²) in [5, 5.41) is 7.95. The van der Waals surface area contributed by atoms with Gasteiger partial charge in [-0.15, -0.1) is 11.3 Å². The van der Waals surface area contributed by atoms with Crippen molar-refractivity contribution >= 4 is 86.2 Å². The summed E-state index contributed by atoms with van der Waals surface area (Å²) in [7, 11) is 0. The molecule has 5 heteroatoms.